The molecular weight excluding hydrogens is 444 g/mol. The van der Waals surface area contributed by atoms with E-state index in [0.29, 0.717) is 37.7 Å². The van der Waals surface area contributed by atoms with E-state index in [9.17, 15) is 10.1 Å². The second kappa shape index (κ2) is 8.43. The molecule has 2 fully saturated rings. The first-order chi connectivity index (χ1) is 17.0. The number of nitrogens with zero attached hydrogens (tertiary/aromatic N) is 4. The van der Waals surface area contributed by atoms with E-state index < -0.39 is 0 Å². The van der Waals surface area contributed by atoms with Gasteiger partial charge in [-0.3, -0.25) is 4.79 Å². The molecule has 0 spiro atoms. The van der Waals surface area contributed by atoms with Gasteiger partial charge in [-0.05, 0) is 49.6 Å². The first kappa shape index (κ1) is 21.7. The van der Waals surface area contributed by atoms with E-state index in [0.717, 1.165) is 46.3 Å². The van der Waals surface area contributed by atoms with Gasteiger partial charge in [0.2, 0.25) is 0 Å². The Kier molecular flexibility index (Phi) is 5.23. The van der Waals surface area contributed by atoms with Gasteiger partial charge in [-0.15, -0.1) is 0 Å². The smallest absolute Gasteiger partial charge is 0.270 e. The van der Waals surface area contributed by atoms with E-state index in [4.69, 9.17) is 18.9 Å². The molecule has 0 radical (unpaired) electrons. The molecule has 0 amide bonds. The molecule has 4 heterocycles. The number of aromatic nitrogens is 2. The molecule has 2 aliphatic heterocycles. The first-order valence-corrected chi connectivity index (χ1v) is 11.9. The summed E-state index contributed by atoms with van der Waals surface area (Å²) in [7, 11) is 1.70. The fourth-order valence-corrected chi connectivity index (χ4v) is 5.06. The quantitative estimate of drug-likeness (QED) is 0.445. The van der Waals surface area contributed by atoms with Crippen molar-refractivity contribution in [3.63, 3.8) is 0 Å². The Morgan fingerprint density at radius 1 is 1.14 bits per heavy atom. The lowest BCUT2D eigenvalue weighted by Gasteiger charge is -2.34. The average molecular weight is 471 g/mol. The van der Waals surface area contributed by atoms with Crippen LogP contribution in [0.25, 0.3) is 22.0 Å². The van der Waals surface area contributed by atoms with Gasteiger partial charge in [-0.1, -0.05) is 6.07 Å². The Bertz CT molecular complexity index is 1540. The van der Waals surface area contributed by atoms with Gasteiger partial charge in [0.25, 0.3) is 5.56 Å². The third-order valence-electron chi connectivity index (χ3n) is 7.08. The van der Waals surface area contributed by atoms with Gasteiger partial charge < -0.3 is 23.4 Å². The topological polar surface area (TPSA) is 93.5 Å². The highest BCUT2D eigenvalue weighted by Crippen LogP contribution is 2.36. The van der Waals surface area contributed by atoms with Gasteiger partial charge in [-0.2, -0.15) is 5.26 Å². The standard InChI is InChI=1S/C27H26N4O4/c1-16-3-6-24-22(11-16)29-26(35-24)17-7-9-31(10-8-17)25-20-5-4-18(34-19-14-33-15-19)12-23(20)30(2)27(32)21(25)13-28/h3-6,11-12,17,19H,7-10,14-15H2,1-2H3. The highest BCUT2D eigenvalue weighted by Gasteiger charge is 2.29. The molecule has 2 saturated heterocycles. The minimum absolute atomic E-state index is 0.0390. The number of ether oxygens (including phenoxy) is 2. The number of fused-ring (bicyclic) bond motifs is 2. The zero-order chi connectivity index (χ0) is 24.1. The maximum atomic E-state index is 13.1. The van der Waals surface area contributed by atoms with E-state index in [-0.39, 0.29) is 23.1 Å². The van der Waals surface area contributed by atoms with Crippen LogP contribution in [0.5, 0.6) is 5.75 Å². The molecule has 0 unspecified atom stereocenters. The lowest BCUT2D eigenvalue weighted by Crippen LogP contribution is -2.38. The van der Waals surface area contributed by atoms with Crippen molar-refractivity contribution in [2.45, 2.75) is 31.8 Å². The van der Waals surface area contributed by atoms with Gasteiger partial charge in [-0.25, -0.2) is 4.98 Å². The van der Waals surface area contributed by atoms with Gasteiger partial charge >= 0.3 is 0 Å². The minimum atomic E-state index is -0.296. The Morgan fingerprint density at radius 3 is 2.66 bits per heavy atom. The molecule has 0 saturated carbocycles. The summed E-state index contributed by atoms with van der Waals surface area (Å²) < 4.78 is 18.7. The highest BCUT2D eigenvalue weighted by atomic mass is 16.6. The number of aryl methyl sites for hydroxylation is 2. The molecule has 0 N–H and O–H groups in total. The molecule has 8 nitrogen and oxygen atoms in total. The van der Waals surface area contributed by atoms with E-state index in [1.54, 1.807) is 7.05 Å². The monoisotopic (exact) mass is 470 g/mol. The van der Waals surface area contributed by atoms with E-state index in [1.165, 1.54) is 4.57 Å². The Morgan fingerprint density at radius 2 is 1.94 bits per heavy atom. The summed E-state index contributed by atoms with van der Waals surface area (Å²) in [5.74, 6) is 1.66. The number of hydrogen-bond donors (Lipinski definition) is 0. The third-order valence-corrected chi connectivity index (χ3v) is 7.08. The van der Waals surface area contributed by atoms with E-state index >= 15 is 0 Å². The lowest BCUT2D eigenvalue weighted by molar-refractivity contribution is -0.0796. The predicted molar refractivity (Wildman–Crippen MR) is 132 cm³/mol. The van der Waals surface area contributed by atoms with Gasteiger partial charge in [0, 0.05) is 37.5 Å². The Labute approximate surface area is 202 Å². The van der Waals surface area contributed by atoms with Gasteiger partial charge in [0.05, 0.1) is 24.4 Å². The number of benzene rings is 2. The number of hydrogen-bond acceptors (Lipinski definition) is 7. The van der Waals surface area contributed by atoms with Crippen molar-refractivity contribution in [3.05, 3.63) is 63.8 Å². The van der Waals surface area contributed by atoms with Crippen LogP contribution in [0, 0.1) is 18.3 Å². The number of oxazole rings is 1. The molecule has 2 aromatic heterocycles. The second-order valence-electron chi connectivity index (χ2n) is 9.44. The summed E-state index contributed by atoms with van der Waals surface area (Å²) in [4.78, 5) is 20.0. The third kappa shape index (κ3) is 3.72. The number of rotatable bonds is 4. The molecule has 0 bridgehead atoms. The minimum Gasteiger partial charge on any atom is -0.486 e. The summed E-state index contributed by atoms with van der Waals surface area (Å²) in [6.07, 6.45) is 1.70. The SMILES string of the molecule is Cc1ccc2oc(C3CCN(c4c(C#N)c(=O)n(C)c5cc(OC6COC6)ccc45)CC3)nc2c1. The van der Waals surface area contributed by atoms with Crippen LogP contribution in [0.2, 0.25) is 0 Å². The zero-order valence-corrected chi connectivity index (χ0v) is 19.8. The van der Waals surface area contributed by atoms with Crippen molar-refractivity contribution in [3.8, 4) is 11.8 Å². The summed E-state index contributed by atoms with van der Waals surface area (Å²) >= 11 is 0. The van der Waals surface area contributed by atoms with Crippen LogP contribution >= 0.6 is 0 Å². The summed E-state index contributed by atoms with van der Waals surface area (Å²) in [5, 5.41) is 10.8. The molecule has 0 atom stereocenters. The van der Waals surface area contributed by atoms with Crippen molar-refractivity contribution in [1.82, 2.24) is 9.55 Å². The van der Waals surface area contributed by atoms with Crippen LogP contribution in [0.4, 0.5) is 5.69 Å². The molecule has 35 heavy (non-hydrogen) atoms. The maximum absolute atomic E-state index is 13.1. The molecule has 2 aliphatic rings. The number of nitriles is 1. The molecular formula is C27H26N4O4. The highest BCUT2D eigenvalue weighted by molar-refractivity contribution is 5.95. The van der Waals surface area contributed by atoms with Gasteiger partial charge in [0.15, 0.2) is 11.5 Å². The molecule has 178 valence electrons. The maximum Gasteiger partial charge on any atom is 0.270 e. The molecule has 0 aliphatic carbocycles. The van der Waals surface area contributed by atoms with Crippen LogP contribution in [0.15, 0.2) is 45.6 Å². The van der Waals surface area contributed by atoms with Crippen molar-refractivity contribution in [2.75, 3.05) is 31.2 Å². The fourth-order valence-electron chi connectivity index (χ4n) is 5.06. The summed E-state index contributed by atoms with van der Waals surface area (Å²) in [5.41, 5.74) is 4.19. The number of anilines is 1. The zero-order valence-electron chi connectivity index (χ0n) is 19.8. The lowest BCUT2D eigenvalue weighted by atomic mass is 9.95. The first-order valence-electron chi connectivity index (χ1n) is 11.9. The van der Waals surface area contributed by atoms with E-state index in [1.807, 2.05) is 43.3 Å². The van der Waals surface area contributed by atoms with Crippen molar-refractivity contribution >= 4 is 27.7 Å². The Hall–Kier alpha value is -3.83. The van der Waals surface area contributed by atoms with E-state index in [2.05, 4.69) is 11.0 Å². The Balaban J connectivity index is 1.32. The average Bonchev–Trinajstić information content (AvgIpc) is 3.27. The van der Waals surface area contributed by atoms with Crippen LogP contribution in [-0.4, -0.2) is 42.0 Å². The number of pyridine rings is 1. The van der Waals surface area contributed by atoms with Crippen LogP contribution in [0.1, 0.15) is 35.8 Å². The normalized spacial score (nSPS) is 17.0. The predicted octanol–water partition coefficient (Wildman–Crippen LogP) is 4.02. The molecule has 6 rings (SSSR count). The van der Waals surface area contributed by atoms with Crippen LogP contribution in [-0.2, 0) is 11.8 Å². The van der Waals surface area contributed by atoms with Crippen molar-refractivity contribution < 1.29 is 13.9 Å². The molecule has 4 aromatic rings. The second-order valence-corrected chi connectivity index (χ2v) is 9.44. The van der Waals surface area contributed by atoms with Crippen molar-refractivity contribution in [2.24, 2.45) is 7.05 Å². The van der Waals surface area contributed by atoms with Gasteiger partial charge in [0.1, 0.15) is 29.0 Å². The summed E-state index contributed by atoms with van der Waals surface area (Å²) in [6, 6.07) is 14.0. The largest absolute Gasteiger partial charge is 0.486 e. The van der Waals surface area contributed by atoms with Crippen molar-refractivity contribution in [1.29, 1.82) is 5.26 Å². The van der Waals surface area contributed by atoms with Crippen LogP contribution in [0.3, 0.4) is 0 Å². The summed E-state index contributed by atoms with van der Waals surface area (Å²) in [6.45, 7) is 4.60. The fraction of sp³-hybridized carbons (Fsp3) is 0.370. The molecule has 2 aromatic carbocycles. The number of piperidine rings is 1. The van der Waals surface area contributed by atoms with Crippen LogP contribution < -0.4 is 15.2 Å². The molecule has 8 heteroatoms.